The minimum atomic E-state index is -0.148. The third kappa shape index (κ3) is 2.77. The van der Waals surface area contributed by atoms with E-state index in [0.717, 1.165) is 38.0 Å². The van der Waals surface area contributed by atoms with E-state index in [1.165, 1.54) is 23.6 Å². The van der Waals surface area contributed by atoms with Gasteiger partial charge in [0.2, 0.25) is 5.56 Å². The van der Waals surface area contributed by atoms with E-state index in [-0.39, 0.29) is 22.8 Å². The molecule has 1 saturated heterocycles. The molecule has 1 aromatic heterocycles. The van der Waals surface area contributed by atoms with Gasteiger partial charge in [-0.1, -0.05) is 38.1 Å². The second-order valence-corrected chi connectivity index (χ2v) is 8.03. The van der Waals surface area contributed by atoms with Crippen LogP contribution in [0.2, 0.25) is 0 Å². The Balaban J connectivity index is 1.55. The molecule has 1 aromatic carbocycles. The van der Waals surface area contributed by atoms with Crippen molar-refractivity contribution in [2.45, 2.75) is 50.9 Å². The van der Waals surface area contributed by atoms with Gasteiger partial charge in [-0.25, -0.2) is 0 Å². The van der Waals surface area contributed by atoms with Crippen LogP contribution >= 0.6 is 0 Å². The highest BCUT2D eigenvalue weighted by Gasteiger charge is 2.41. The van der Waals surface area contributed by atoms with Crippen molar-refractivity contribution in [3.63, 3.8) is 0 Å². The number of nitrogens with one attached hydrogen (secondary N) is 1. The lowest BCUT2D eigenvalue weighted by molar-refractivity contribution is 0.0664. The quantitative estimate of drug-likeness (QED) is 0.899. The Morgan fingerprint density at radius 2 is 1.81 bits per heavy atom. The predicted molar refractivity (Wildman–Crippen MR) is 103 cm³/mol. The van der Waals surface area contributed by atoms with Crippen molar-refractivity contribution in [3.05, 3.63) is 69.1 Å². The maximum Gasteiger partial charge on any atom is 0.255 e. The van der Waals surface area contributed by atoms with Crippen molar-refractivity contribution in [3.8, 4) is 0 Å². The minimum absolute atomic E-state index is 0.0473. The van der Waals surface area contributed by atoms with Crippen LogP contribution in [0.25, 0.3) is 0 Å². The van der Waals surface area contributed by atoms with Crippen LogP contribution in [0.3, 0.4) is 0 Å². The van der Waals surface area contributed by atoms with Gasteiger partial charge in [-0.3, -0.25) is 9.59 Å². The first-order valence-electron chi connectivity index (χ1n) is 9.61. The molecule has 2 aromatic rings. The average molecular weight is 350 g/mol. The highest BCUT2D eigenvalue weighted by molar-refractivity contribution is 5.95. The number of aromatic nitrogens is 1. The molecule has 2 heterocycles. The fourth-order valence-corrected chi connectivity index (χ4v) is 4.72. The van der Waals surface area contributed by atoms with Crippen LogP contribution in [-0.4, -0.2) is 28.9 Å². The van der Waals surface area contributed by atoms with Gasteiger partial charge in [-0.05, 0) is 54.2 Å². The fraction of sp³-hybridized carbons (Fsp3) is 0.455. The van der Waals surface area contributed by atoms with E-state index in [1.807, 2.05) is 18.7 Å². The first-order valence-corrected chi connectivity index (χ1v) is 9.61. The van der Waals surface area contributed by atoms with Crippen LogP contribution in [0.4, 0.5) is 0 Å². The predicted octanol–water partition coefficient (Wildman–Crippen LogP) is 3.62. The molecule has 1 fully saturated rings. The molecule has 136 valence electrons. The Bertz CT molecular complexity index is 889. The molecular formula is C22H26N2O2. The Morgan fingerprint density at radius 3 is 2.54 bits per heavy atom. The molecule has 1 aliphatic carbocycles. The van der Waals surface area contributed by atoms with Gasteiger partial charge in [-0.15, -0.1) is 0 Å². The number of H-pyrrole nitrogens is 1. The number of aromatic amines is 1. The summed E-state index contributed by atoms with van der Waals surface area (Å²) < 4.78 is 0. The number of rotatable bonds is 2. The molecule has 0 unspecified atom stereocenters. The van der Waals surface area contributed by atoms with Crippen molar-refractivity contribution in [1.29, 1.82) is 0 Å². The van der Waals surface area contributed by atoms with Crippen molar-refractivity contribution in [2.24, 2.45) is 0 Å². The van der Waals surface area contributed by atoms with Gasteiger partial charge in [0.1, 0.15) is 0 Å². The largest absolute Gasteiger partial charge is 0.339 e. The van der Waals surface area contributed by atoms with Gasteiger partial charge in [0.25, 0.3) is 5.91 Å². The van der Waals surface area contributed by atoms with E-state index in [2.05, 4.69) is 29.2 Å². The molecule has 4 rings (SSSR count). The van der Waals surface area contributed by atoms with Gasteiger partial charge in [-0.2, -0.15) is 0 Å². The van der Waals surface area contributed by atoms with Gasteiger partial charge in [0.05, 0.1) is 5.56 Å². The van der Waals surface area contributed by atoms with Gasteiger partial charge >= 0.3 is 0 Å². The first kappa shape index (κ1) is 17.1. The number of piperidine rings is 1. The number of amides is 1. The number of hydrogen-bond donors (Lipinski definition) is 1. The molecule has 4 heteroatoms. The van der Waals surface area contributed by atoms with Crippen molar-refractivity contribution in [2.75, 3.05) is 13.1 Å². The number of aryl methyl sites for hydroxylation is 1. The number of carbonyl (C=O) groups excluding carboxylic acids is 1. The van der Waals surface area contributed by atoms with E-state index in [4.69, 9.17) is 0 Å². The number of benzene rings is 1. The normalized spacial score (nSPS) is 18.3. The SMILES string of the molecule is CC(C)c1[nH]c(=O)ccc1C(=O)N1CCC2(CCc3ccccc32)CC1. The lowest BCUT2D eigenvalue weighted by Gasteiger charge is -2.40. The lowest BCUT2D eigenvalue weighted by Crippen LogP contribution is -2.44. The minimum Gasteiger partial charge on any atom is -0.339 e. The zero-order valence-corrected chi connectivity index (χ0v) is 15.5. The summed E-state index contributed by atoms with van der Waals surface area (Å²) in [6.07, 6.45) is 4.40. The summed E-state index contributed by atoms with van der Waals surface area (Å²) in [5.74, 6) is 0.159. The molecule has 0 atom stereocenters. The smallest absolute Gasteiger partial charge is 0.255 e. The van der Waals surface area contributed by atoms with E-state index >= 15 is 0 Å². The average Bonchev–Trinajstić information content (AvgIpc) is 3.00. The van der Waals surface area contributed by atoms with Gasteiger partial charge < -0.3 is 9.88 Å². The summed E-state index contributed by atoms with van der Waals surface area (Å²) in [5.41, 5.74) is 4.47. The summed E-state index contributed by atoms with van der Waals surface area (Å²) in [4.78, 5) is 29.6. The van der Waals surface area contributed by atoms with Crippen LogP contribution < -0.4 is 5.56 Å². The zero-order chi connectivity index (χ0) is 18.3. The summed E-state index contributed by atoms with van der Waals surface area (Å²) >= 11 is 0. The molecule has 0 bridgehead atoms. The molecule has 0 radical (unpaired) electrons. The number of hydrogen-bond acceptors (Lipinski definition) is 2. The Morgan fingerprint density at radius 1 is 1.08 bits per heavy atom. The van der Waals surface area contributed by atoms with E-state index in [1.54, 1.807) is 6.07 Å². The number of fused-ring (bicyclic) bond motifs is 2. The third-order valence-electron chi connectivity index (χ3n) is 6.23. The second kappa shape index (κ2) is 6.42. The highest BCUT2D eigenvalue weighted by Crippen LogP contribution is 2.46. The number of nitrogens with zero attached hydrogens (tertiary/aromatic N) is 1. The van der Waals surface area contributed by atoms with Gasteiger partial charge in [0, 0.05) is 24.8 Å². The van der Waals surface area contributed by atoms with Crippen molar-refractivity contribution < 1.29 is 4.79 Å². The number of pyridine rings is 1. The number of likely N-dealkylation sites (tertiary alicyclic amines) is 1. The second-order valence-electron chi connectivity index (χ2n) is 8.03. The molecule has 4 nitrogen and oxygen atoms in total. The molecular weight excluding hydrogens is 324 g/mol. The topological polar surface area (TPSA) is 53.2 Å². The summed E-state index contributed by atoms with van der Waals surface area (Å²) in [6, 6.07) is 11.9. The molecule has 1 amide bonds. The molecule has 1 N–H and O–H groups in total. The zero-order valence-electron chi connectivity index (χ0n) is 15.5. The Kier molecular flexibility index (Phi) is 4.22. The maximum absolute atomic E-state index is 13.1. The van der Waals surface area contributed by atoms with Crippen LogP contribution in [0.15, 0.2) is 41.2 Å². The molecule has 1 aliphatic heterocycles. The Labute approximate surface area is 154 Å². The van der Waals surface area contributed by atoms with Crippen molar-refractivity contribution in [1.82, 2.24) is 9.88 Å². The molecule has 0 saturated carbocycles. The van der Waals surface area contributed by atoms with Gasteiger partial charge in [0.15, 0.2) is 0 Å². The van der Waals surface area contributed by atoms with E-state index in [9.17, 15) is 9.59 Å². The van der Waals surface area contributed by atoms with Crippen LogP contribution in [0, 0.1) is 0 Å². The monoisotopic (exact) mass is 350 g/mol. The van der Waals surface area contributed by atoms with E-state index < -0.39 is 0 Å². The standard InChI is InChI=1S/C22H26N2O2/c1-15(2)20-17(7-8-19(25)23-20)21(26)24-13-11-22(12-14-24)10-9-16-5-3-4-6-18(16)22/h3-8,15H,9-14H2,1-2H3,(H,23,25). The number of carbonyl (C=O) groups is 1. The van der Waals surface area contributed by atoms with Crippen LogP contribution in [0.5, 0.6) is 0 Å². The lowest BCUT2D eigenvalue weighted by atomic mass is 9.74. The third-order valence-corrected chi connectivity index (χ3v) is 6.23. The summed E-state index contributed by atoms with van der Waals surface area (Å²) in [7, 11) is 0. The van der Waals surface area contributed by atoms with Crippen LogP contribution in [-0.2, 0) is 11.8 Å². The summed E-state index contributed by atoms with van der Waals surface area (Å²) in [6.45, 7) is 5.57. The Hall–Kier alpha value is -2.36. The molecule has 1 spiro atoms. The van der Waals surface area contributed by atoms with Crippen LogP contribution in [0.1, 0.15) is 66.2 Å². The highest BCUT2D eigenvalue weighted by atomic mass is 16.2. The van der Waals surface area contributed by atoms with Crippen molar-refractivity contribution >= 4 is 5.91 Å². The fourth-order valence-electron chi connectivity index (χ4n) is 4.72. The maximum atomic E-state index is 13.1. The van der Waals surface area contributed by atoms with E-state index in [0.29, 0.717) is 5.56 Å². The summed E-state index contributed by atoms with van der Waals surface area (Å²) in [5, 5.41) is 0. The molecule has 26 heavy (non-hydrogen) atoms. The first-order chi connectivity index (χ1) is 12.5. The molecule has 2 aliphatic rings.